The number of hydrogen-bond donors (Lipinski definition) is 0. The van der Waals surface area contributed by atoms with Gasteiger partial charge in [0.15, 0.2) is 0 Å². The lowest BCUT2D eigenvalue weighted by Crippen LogP contribution is -2.32. The maximum Gasteiger partial charge on any atom is 0.341 e. The predicted molar refractivity (Wildman–Crippen MR) is 95.6 cm³/mol. The Morgan fingerprint density at radius 3 is 2.38 bits per heavy atom. The summed E-state index contributed by atoms with van der Waals surface area (Å²) in [4.78, 5) is 0. The molecule has 2 aromatic rings. The Bertz CT molecular complexity index is 808. The molecular weight excluding hydrogens is 319 g/mol. The van der Waals surface area contributed by atoms with Crippen molar-refractivity contribution < 1.29 is 13.6 Å². The molecular formula is C20H23O3P. The first-order valence-corrected chi connectivity index (χ1v) is 10.1. The molecule has 24 heavy (non-hydrogen) atoms. The quantitative estimate of drug-likeness (QED) is 0.730. The third kappa shape index (κ3) is 2.02. The molecule has 2 atom stereocenters. The van der Waals surface area contributed by atoms with Crippen molar-refractivity contribution >= 4 is 7.60 Å². The highest BCUT2D eigenvalue weighted by Crippen LogP contribution is 2.74. The van der Waals surface area contributed by atoms with Gasteiger partial charge >= 0.3 is 7.60 Å². The number of rotatable bonds is 4. The lowest BCUT2D eigenvalue weighted by Gasteiger charge is -2.40. The third-order valence-corrected chi connectivity index (χ3v) is 8.65. The van der Waals surface area contributed by atoms with Crippen LogP contribution in [0.3, 0.4) is 0 Å². The fourth-order valence-corrected chi connectivity index (χ4v) is 7.26. The van der Waals surface area contributed by atoms with Crippen molar-refractivity contribution in [2.24, 2.45) is 0 Å². The predicted octanol–water partition coefficient (Wildman–Crippen LogP) is 5.04. The first-order chi connectivity index (χ1) is 11.7. The van der Waals surface area contributed by atoms with Gasteiger partial charge in [-0.2, -0.15) is 0 Å². The maximum absolute atomic E-state index is 13.8. The Labute approximate surface area is 143 Å². The fourth-order valence-electron chi connectivity index (χ4n) is 4.91. The Balaban J connectivity index is 1.97. The second-order valence-corrected chi connectivity index (χ2v) is 9.26. The van der Waals surface area contributed by atoms with E-state index in [9.17, 15) is 4.57 Å². The normalized spacial score (nSPS) is 25.5. The molecule has 0 aliphatic heterocycles. The second-order valence-electron chi connectivity index (χ2n) is 6.73. The van der Waals surface area contributed by atoms with Gasteiger partial charge in [-0.15, -0.1) is 0 Å². The van der Waals surface area contributed by atoms with Gasteiger partial charge in [0.2, 0.25) is 0 Å². The molecule has 0 radical (unpaired) electrons. The molecule has 2 aliphatic rings. The van der Waals surface area contributed by atoms with Crippen molar-refractivity contribution in [3.8, 4) is 0 Å². The average Bonchev–Trinajstić information content (AvgIpc) is 3.23. The van der Waals surface area contributed by atoms with Gasteiger partial charge < -0.3 is 9.05 Å². The van der Waals surface area contributed by atoms with Crippen LogP contribution in [-0.2, 0) is 31.6 Å². The van der Waals surface area contributed by atoms with E-state index in [0.29, 0.717) is 0 Å². The molecule has 0 saturated heterocycles. The summed E-state index contributed by atoms with van der Waals surface area (Å²) in [7, 11) is -0.254. The molecule has 0 N–H and O–H groups in total. The topological polar surface area (TPSA) is 35.5 Å². The SMILES string of the molecule is COP(=O)(OC)C1(C2CCc3ccccc32)CCc2ccccc21. The lowest BCUT2D eigenvalue weighted by atomic mass is 9.82. The lowest BCUT2D eigenvalue weighted by molar-refractivity contribution is 0.230. The Morgan fingerprint density at radius 1 is 0.958 bits per heavy atom. The maximum atomic E-state index is 13.8. The zero-order valence-corrected chi connectivity index (χ0v) is 15.1. The molecule has 0 saturated carbocycles. The van der Waals surface area contributed by atoms with E-state index >= 15 is 0 Å². The first kappa shape index (κ1) is 16.1. The number of benzene rings is 2. The van der Waals surface area contributed by atoms with E-state index in [-0.39, 0.29) is 5.92 Å². The minimum Gasteiger partial charge on any atom is -0.311 e. The molecule has 3 nitrogen and oxygen atoms in total. The van der Waals surface area contributed by atoms with Crippen LogP contribution in [0, 0.1) is 0 Å². The van der Waals surface area contributed by atoms with E-state index in [1.807, 2.05) is 6.07 Å². The molecule has 0 amide bonds. The summed E-state index contributed by atoms with van der Waals surface area (Å²) < 4.78 is 25.0. The number of hydrogen-bond acceptors (Lipinski definition) is 3. The van der Waals surface area contributed by atoms with Crippen molar-refractivity contribution in [1.29, 1.82) is 0 Å². The van der Waals surface area contributed by atoms with Crippen molar-refractivity contribution in [1.82, 2.24) is 0 Å². The zero-order chi connectivity index (χ0) is 16.8. The van der Waals surface area contributed by atoms with Gasteiger partial charge in [-0.1, -0.05) is 48.5 Å². The summed E-state index contributed by atoms with van der Waals surface area (Å²) in [6, 6.07) is 16.9. The molecule has 0 spiro atoms. The van der Waals surface area contributed by atoms with Gasteiger partial charge in [0.25, 0.3) is 0 Å². The molecule has 0 aromatic heterocycles. The summed E-state index contributed by atoms with van der Waals surface area (Å²) >= 11 is 0. The molecule has 4 rings (SSSR count). The fraction of sp³-hybridized carbons (Fsp3) is 0.400. The van der Waals surface area contributed by atoms with Gasteiger partial charge in [0.05, 0.1) is 0 Å². The van der Waals surface area contributed by atoms with Crippen LogP contribution in [0.25, 0.3) is 0 Å². The van der Waals surface area contributed by atoms with Crippen LogP contribution in [0.15, 0.2) is 48.5 Å². The molecule has 126 valence electrons. The van der Waals surface area contributed by atoms with Gasteiger partial charge in [-0.05, 0) is 47.9 Å². The number of fused-ring (bicyclic) bond motifs is 2. The minimum absolute atomic E-state index is 0.170. The van der Waals surface area contributed by atoms with Gasteiger partial charge in [-0.25, -0.2) is 0 Å². The molecule has 0 bridgehead atoms. The standard InChI is InChI=1S/C20H23O3P/c1-22-24(21,23-2)20(14-13-16-8-4-6-10-18(16)20)19-12-11-15-7-3-5-9-17(15)19/h3-10,19H,11-14H2,1-2H3. The van der Waals surface area contributed by atoms with E-state index in [0.717, 1.165) is 31.2 Å². The van der Waals surface area contributed by atoms with Gasteiger partial charge in [-0.3, -0.25) is 4.57 Å². The van der Waals surface area contributed by atoms with E-state index in [4.69, 9.17) is 9.05 Å². The summed E-state index contributed by atoms with van der Waals surface area (Å²) in [5.41, 5.74) is 5.10. The van der Waals surface area contributed by atoms with Crippen LogP contribution in [0.1, 0.15) is 41.0 Å². The highest BCUT2D eigenvalue weighted by Gasteiger charge is 2.60. The molecule has 2 aromatic carbocycles. The van der Waals surface area contributed by atoms with Crippen molar-refractivity contribution in [3.05, 3.63) is 70.8 Å². The molecule has 2 aliphatic carbocycles. The first-order valence-electron chi connectivity index (χ1n) is 8.54. The Hall–Kier alpha value is -1.41. The minimum atomic E-state index is -3.30. The summed E-state index contributed by atoms with van der Waals surface area (Å²) in [5.74, 6) is 0.170. The smallest absolute Gasteiger partial charge is 0.311 e. The van der Waals surface area contributed by atoms with E-state index in [1.165, 1.54) is 30.9 Å². The van der Waals surface area contributed by atoms with Crippen LogP contribution in [0.2, 0.25) is 0 Å². The van der Waals surface area contributed by atoms with E-state index in [2.05, 4.69) is 42.5 Å². The van der Waals surface area contributed by atoms with Crippen molar-refractivity contribution in [3.63, 3.8) is 0 Å². The zero-order valence-electron chi connectivity index (χ0n) is 14.2. The van der Waals surface area contributed by atoms with Crippen molar-refractivity contribution in [2.75, 3.05) is 14.2 Å². The van der Waals surface area contributed by atoms with Crippen LogP contribution in [-0.4, -0.2) is 14.2 Å². The summed E-state index contributed by atoms with van der Waals surface area (Å²) in [5, 5.41) is -0.584. The monoisotopic (exact) mass is 342 g/mol. The van der Waals surface area contributed by atoms with Crippen LogP contribution in [0.4, 0.5) is 0 Å². The molecule has 2 unspecified atom stereocenters. The van der Waals surface area contributed by atoms with Gasteiger partial charge in [0.1, 0.15) is 5.16 Å². The second kappa shape index (κ2) is 5.84. The van der Waals surface area contributed by atoms with E-state index < -0.39 is 12.8 Å². The average molecular weight is 342 g/mol. The Morgan fingerprint density at radius 2 is 1.62 bits per heavy atom. The van der Waals surface area contributed by atoms with Crippen LogP contribution >= 0.6 is 7.60 Å². The van der Waals surface area contributed by atoms with Crippen LogP contribution in [0.5, 0.6) is 0 Å². The molecule has 0 heterocycles. The van der Waals surface area contributed by atoms with Gasteiger partial charge in [0, 0.05) is 20.1 Å². The summed E-state index contributed by atoms with van der Waals surface area (Å²) in [6.07, 6.45) is 3.75. The molecule has 4 heteroatoms. The highest BCUT2D eigenvalue weighted by atomic mass is 31.2. The number of aryl methyl sites for hydroxylation is 2. The van der Waals surface area contributed by atoms with E-state index in [1.54, 1.807) is 0 Å². The van der Waals surface area contributed by atoms with Crippen LogP contribution < -0.4 is 0 Å². The molecule has 0 fully saturated rings. The Kier molecular flexibility index (Phi) is 3.91. The highest BCUT2D eigenvalue weighted by molar-refractivity contribution is 7.55. The third-order valence-electron chi connectivity index (χ3n) is 5.94. The largest absolute Gasteiger partial charge is 0.341 e. The van der Waals surface area contributed by atoms with Crippen molar-refractivity contribution in [2.45, 2.75) is 36.8 Å². The summed E-state index contributed by atoms with van der Waals surface area (Å²) in [6.45, 7) is 0.